The van der Waals surface area contributed by atoms with Crippen LogP contribution in [-0.4, -0.2) is 37.0 Å². The van der Waals surface area contributed by atoms with Crippen molar-refractivity contribution in [2.75, 3.05) is 20.1 Å². The SMILES string of the molecule is CC(=O)NC1CC(c2ccc(C)c(C)c2)CN(C)C1. The highest BCUT2D eigenvalue weighted by Gasteiger charge is 2.26. The number of hydrogen-bond acceptors (Lipinski definition) is 2. The lowest BCUT2D eigenvalue weighted by Crippen LogP contribution is -2.48. The van der Waals surface area contributed by atoms with Gasteiger partial charge in [0.2, 0.25) is 5.91 Å². The minimum atomic E-state index is 0.0686. The lowest BCUT2D eigenvalue weighted by Gasteiger charge is -2.36. The van der Waals surface area contributed by atoms with Crippen LogP contribution in [0.5, 0.6) is 0 Å². The van der Waals surface area contributed by atoms with Crippen LogP contribution in [0.1, 0.15) is 36.0 Å². The van der Waals surface area contributed by atoms with E-state index in [2.05, 4.69) is 49.3 Å². The second-order valence-corrected chi connectivity index (χ2v) is 5.89. The minimum absolute atomic E-state index is 0.0686. The smallest absolute Gasteiger partial charge is 0.217 e. The van der Waals surface area contributed by atoms with Crippen molar-refractivity contribution in [1.82, 2.24) is 10.2 Å². The van der Waals surface area contributed by atoms with Crippen molar-refractivity contribution in [2.45, 2.75) is 39.2 Å². The molecule has 0 radical (unpaired) electrons. The van der Waals surface area contributed by atoms with Gasteiger partial charge < -0.3 is 10.2 Å². The van der Waals surface area contributed by atoms with Crippen LogP contribution in [0.2, 0.25) is 0 Å². The lowest BCUT2D eigenvalue weighted by atomic mass is 9.87. The Hall–Kier alpha value is -1.35. The number of aryl methyl sites for hydroxylation is 2. The summed E-state index contributed by atoms with van der Waals surface area (Å²) < 4.78 is 0. The molecule has 1 aliphatic heterocycles. The molecule has 1 aromatic carbocycles. The molecule has 2 unspecified atom stereocenters. The Bertz CT molecular complexity index is 470. The van der Waals surface area contributed by atoms with Crippen molar-refractivity contribution in [3.8, 4) is 0 Å². The molecule has 1 fully saturated rings. The summed E-state index contributed by atoms with van der Waals surface area (Å²) >= 11 is 0. The maximum absolute atomic E-state index is 11.2. The minimum Gasteiger partial charge on any atom is -0.352 e. The highest BCUT2D eigenvalue weighted by Crippen LogP contribution is 2.27. The highest BCUT2D eigenvalue weighted by molar-refractivity contribution is 5.73. The van der Waals surface area contributed by atoms with Gasteiger partial charge in [-0.25, -0.2) is 0 Å². The standard InChI is InChI=1S/C16H24N2O/c1-11-5-6-14(7-12(11)2)15-8-16(17-13(3)19)10-18(4)9-15/h5-7,15-16H,8-10H2,1-4H3,(H,17,19). The fourth-order valence-electron chi connectivity index (χ4n) is 2.97. The van der Waals surface area contributed by atoms with Crippen LogP contribution in [0.15, 0.2) is 18.2 Å². The maximum Gasteiger partial charge on any atom is 0.217 e. The van der Waals surface area contributed by atoms with Gasteiger partial charge in [-0.15, -0.1) is 0 Å². The zero-order chi connectivity index (χ0) is 14.0. The van der Waals surface area contributed by atoms with Gasteiger partial charge in [0.1, 0.15) is 0 Å². The molecule has 0 bridgehead atoms. The molecule has 0 saturated carbocycles. The molecule has 0 aliphatic carbocycles. The monoisotopic (exact) mass is 260 g/mol. The first kappa shape index (κ1) is 14.1. The molecule has 1 amide bonds. The number of nitrogens with zero attached hydrogens (tertiary/aromatic N) is 1. The van der Waals surface area contributed by atoms with Crippen molar-refractivity contribution >= 4 is 5.91 Å². The van der Waals surface area contributed by atoms with Gasteiger partial charge in [0.25, 0.3) is 0 Å². The van der Waals surface area contributed by atoms with Gasteiger partial charge in [-0.1, -0.05) is 18.2 Å². The second-order valence-electron chi connectivity index (χ2n) is 5.89. The first-order valence-corrected chi connectivity index (χ1v) is 6.98. The Morgan fingerprint density at radius 2 is 2.00 bits per heavy atom. The fraction of sp³-hybridized carbons (Fsp3) is 0.562. The van der Waals surface area contributed by atoms with E-state index in [0.717, 1.165) is 19.5 Å². The maximum atomic E-state index is 11.2. The Labute approximate surface area is 116 Å². The van der Waals surface area contributed by atoms with Gasteiger partial charge in [0.15, 0.2) is 0 Å². The van der Waals surface area contributed by atoms with Crippen LogP contribution in [0.4, 0.5) is 0 Å². The lowest BCUT2D eigenvalue weighted by molar-refractivity contribution is -0.120. The molecular weight excluding hydrogens is 236 g/mol. The molecule has 104 valence electrons. The van der Waals surface area contributed by atoms with E-state index in [1.165, 1.54) is 16.7 Å². The van der Waals surface area contributed by atoms with Crippen LogP contribution in [0.25, 0.3) is 0 Å². The normalized spacial score (nSPS) is 24.2. The van der Waals surface area contributed by atoms with Crippen molar-refractivity contribution in [1.29, 1.82) is 0 Å². The van der Waals surface area contributed by atoms with E-state index in [-0.39, 0.29) is 11.9 Å². The molecule has 3 heteroatoms. The van der Waals surface area contributed by atoms with E-state index in [4.69, 9.17) is 0 Å². The number of piperidine rings is 1. The summed E-state index contributed by atoms with van der Waals surface area (Å²) in [6.07, 6.45) is 1.03. The Kier molecular flexibility index (Phi) is 4.25. The zero-order valence-corrected chi connectivity index (χ0v) is 12.4. The summed E-state index contributed by atoms with van der Waals surface area (Å²) in [6.45, 7) is 7.92. The molecule has 1 N–H and O–H groups in total. The zero-order valence-electron chi connectivity index (χ0n) is 12.4. The second kappa shape index (κ2) is 5.74. The van der Waals surface area contributed by atoms with Gasteiger partial charge >= 0.3 is 0 Å². The number of nitrogens with one attached hydrogen (secondary N) is 1. The predicted molar refractivity (Wildman–Crippen MR) is 78.4 cm³/mol. The molecule has 0 spiro atoms. The van der Waals surface area contributed by atoms with E-state index in [0.29, 0.717) is 5.92 Å². The van der Waals surface area contributed by atoms with Gasteiger partial charge in [0.05, 0.1) is 0 Å². The molecule has 1 aliphatic rings. The largest absolute Gasteiger partial charge is 0.352 e. The van der Waals surface area contributed by atoms with E-state index < -0.39 is 0 Å². The Balaban J connectivity index is 2.14. The third kappa shape index (κ3) is 3.57. The summed E-state index contributed by atoms with van der Waals surface area (Å²) in [5.41, 5.74) is 4.08. The third-order valence-electron chi connectivity index (χ3n) is 4.04. The average molecular weight is 260 g/mol. The number of likely N-dealkylation sites (N-methyl/N-ethyl adjacent to an activating group) is 1. The third-order valence-corrected chi connectivity index (χ3v) is 4.04. The molecule has 3 nitrogen and oxygen atoms in total. The van der Waals surface area contributed by atoms with E-state index in [1.807, 2.05) is 0 Å². The number of rotatable bonds is 2. The highest BCUT2D eigenvalue weighted by atomic mass is 16.1. The van der Waals surface area contributed by atoms with Crippen LogP contribution in [-0.2, 0) is 4.79 Å². The average Bonchev–Trinajstić information content (AvgIpc) is 2.31. The molecule has 1 saturated heterocycles. The van der Waals surface area contributed by atoms with E-state index in [1.54, 1.807) is 6.92 Å². The topological polar surface area (TPSA) is 32.3 Å². The van der Waals surface area contributed by atoms with Gasteiger partial charge in [0, 0.05) is 26.1 Å². The van der Waals surface area contributed by atoms with E-state index in [9.17, 15) is 4.79 Å². The number of benzene rings is 1. The first-order valence-electron chi connectivity index (χ1n) is 6.98. The number of carbonyl (C=O) groups is 1. The molecule has 0 aromatic heterocycles. The number of likely N-dealkylation sites (tertiary alicyclic amines) is 1. The van der Waals surface area contributed by atoms with Crippen LogP contribution < -0.4 is 5.32 Å². The van der Waals surface area contributed by atoms with Crippen LogP contribution in [0, 0.1) is 13.8 Å². The quantitative estimate of drug-likeness (QED) is 0.884. The van der Waals surface area contributed by atoms with E-state index >= 15 is 0 Å². The molecule has 2 atom stereocenters. The van der Waals surface area contributed by atoms with Crippen LogP contribution >= 0.6 is 0 Å². The number of amides is 1. The summed E-state index contributed by atoms with van der Waals surface area (Å²) in [5, 5.41) is 3.06. The summed E-state index contributed by atoms with van der Waals surface area (Å²) in [7, 11) is 2.13. The van der Waals surface area contributed by atoms with Gasteiger partial charge in [-0.2, -0.15) is 0 Å². The molecule has 1 heterocycles. The van der Waals surface area contributed by atoms with Gasteiger partial charge in [-0.05, 0) is 49.9 Å². The van der Waals surface area contributed by atoms with Crippen molar-refractivity contribution in [3.05, 3.63) is 34.9 Å². The summed E-state index contributed by atoms with van der Waals surface area (Å²) in [4.78, 5) is 13.5. The van der Waals surface area contributed by atoms with Gasteiger partial charge in [-0.3, -0.25) is 4.79 Å². The Morgan fingerprint density at radius 1 is 1.26 bits per heavy atom. The number of hydrogen-bond donors (Lipinski definition) is 1. The number of carbonyl (C=O) groups excluding carboxylic acids is 1. The van der Waals surface area contributed by atoms with Crippen molar-refractivity contribution < 1.29 is 4.79 Å². The molecule has 19 heavy (non-hydrogen) atoms. The predicted octanol–water partition coefficient (Wildman–Crippen LogP) is 2.23. The molecule has 1 aromatic rings. The fourth-order valence-corrected chi connectivity index (χ4v) is 2.97. The first-order chi connectivity index (χ1) is 8.95. The van der Waals surface area contributed by atoms with Crippen molar-refractivity contribution in [2.24, 2.45) is 0 Å². The molecule has 2 rings (SSSR count). The summed E-state index contributed by atoms with van der Waals surface area (Å²) in [5.74, 6) is 0.578. The van der Waals surface area contributed by atoms with Crippen LogP contribution in [0.3, 0.4) is 0 Å². The summed E-state index contributed by atoms with van der Waals surface area (Å²) in [6, 6.07) is 7.00. The Morgan fingerprint density at radius 3 is 2.63 bits per heavy atom. The molecular formula is C16H24N2O. The van der Waals surface area contributed by atoms with Crippen molar-refractivity contribution in [3.63, 3.8) is 0 Å².